The fourth-order valence-corrected chi connectivity index (χ4v) is 3.52. The van der Waals surface area contributed by atoms with Crippen molar-refractivity contribution < 1.29 is 23.7 Å². The number of benzene rings is 3. The van der Waals surface area contributed by atoms with Crippen molar-refractivity contribution >= 4 is 17.3 Å². The topological polar surface area (TPSA) is 78.1 Å². The summed E-state index contributed by atoms with van der Waals surface area (Å²) in [6.45, 7) is 2.38. The van der Waals surface area contributed by atoms with Gasteiger partial charge in [-0.2, -0.15) is 0 Å². The number of ether oxygens (including phenoxy) is 4. The van der Waals surface area contributed by atoms with Crippen molar-refractivity contribution in [3.05, 3.63) is 78.9 Å². The summed E-state index contributed by atoms with van der Waals surface area (Å²) in [5, 5.41) is 6.01. The molecule has 0 radical (unpaired) electrons. The van der Waals surface area contributed by atoms with E-state index in [-0.39, 0.29) is 18.6 Å². The van der Waals surface area contributed by atoms with Gasteiger partial charge in [0.1, 0.15) is 37.1 Å². The Morgan fingerprint density at radius 1 is 0.824 bits per heavy atom. The van der Waals surface area contributed by atoms with Crippen LogP contribution in [0.2, 0.25) is 0 Å². The van der Waals surface area contributed by atoms with Crippen LogP contribution >= 0.6 is 0 Å². The standard InChI is InChI=1S/C27H30N2O5/c30-27(29-22-6-4-9-25(18-22)34-20-26-10-5-15-31-26)19-28-21-11-13-24(14-12-21)33-17-16-32-23-7-2-1-3-8-23/h1-4,6-9,11-14,18,26,28H,5,10,15-17,19-20H2,(H,29,30). The van der Waals surface area contributed by atoms with Crippen molar-refractivity contribution in [1.82, 2.24) is 0 Å². The summed E-state index contributed by atoms with van der Waals surface area (Å²) < 4.78 is 22.7. The largest absolute Gasteiger partial charge is 0.491 e. The van der Waals surface area contributed by atoms with Gasteiger partial charge in [-0.25, -0.2) is 0 Å². The first-order valence-corrected chi connectivity index (χ1v) is 11.5. The van der Waals surface area contributed by atoms with Gasteiger partial charge in [-0.3, -0.25) is 4.79 Å². The summed E-state index contributed by atoms with van der Waals surface area (Å²) in [5.41, 5.74) is 1.52. The van der Waals surface area contributed by atoms with Gasteiger partial charge in [0.15, 0.2) is 0 Å². The van der Waals surface area contributed by atoms with Crippen molar-refractivity contribution in [3.8, 4) is 17.2 Å². The van der Waals surface area contributed by atoms with Crippen molar-refractivity contribution in [3.63, 3.8) is 0 Å². The Morgan fingerprint density at radius 2 is 1.56 bits per heavy atom. The normalized spacial score (nSPS) is 14.9. The predicted octanol–water partition coefficient (Wildman–Crippen LogP) is 4.75. The van der Waals surface area contributed by atoms with E-state index in [0.717, 1.165) is 36.6 Å². The minimum Gasteiger partial charge on any atom is -0.491 e. The van der Waals surface area contributed by atoms with Crippen LogP contribution in [0.4, 0.5) is 11.4 Å². The van der Waals surface area contributed by atoms with Crippen molar-refractivity contribution in [1.29, 1.82) is 0 Å². The maximum atomic E-state index is 12.3. The lowest BCUT2D eigenvalue weighted by Crippen LogP contribution is -2.21. The van der Waals surface area contributed by atoms with E-state index in [4.69, 9.17) is 18.9 Å². The number of carbonyl (C=O) groups is 1. The van der Waals surface area contributed by atoms with Gasteiger partial charge in [0.05, 0.1) is 12.6 Å². The highest BCUT2D eigenvalue weighted by Crippen LogP contribution is 2.20. The summed E-state index contributed by atoms with van der Waals surface area (Å²) in [4.78, 5) is 12.3. The molecule has 1 aliphatic heterocycles. The molecular formula is C27H30N2O5. The van der Waals surface area contributed by atoms with Crippen LogP contribution < -0.4 is 24.8 Å². The van der Waals surface area contributed by atoms with Crippen LogP contribution in [0.3, 0.4) is 0 Å². The molecule has 0 saturated carbocycles. The Hall–Kier alpha value is -3.71. The second-order valence-electron chi connectivity index (χ2n) is 7.91. The van der Waals surface area contributed by atoms with Crippen LogP contribution in [-0.4, -0.2) is 45.0 Å². The van der Waals surface area contributed by atoms with Crippen LogP contribution in [0, 0.1) is 0 Å². The first kappa shape index (κ1) is 23.4. The Morgan fingerprint density at radius 3 is 2.29 bits per heavy atom. The van der Waals surface area contributed by atoms with Crippen LogP contribution in [0.15, 0.2) is 78.9 Å². The molecule has 4 rings (SSSR count). The van der Waals surface area contributed by atoms with Gasteiger partial charge in [0.25, 0.3) is 0 Å². The Labute approximate surface area is 200 Å². The predicted molar refractivity (Wildman–Crippen MR) is 132 cm³/mol. The van der Waals surface area contributed by atoms with E-state index < -0.39 is 0 Å². The Kier molecular flexibility index (Phi) is 8.63. The zero-order valence-corrected chi connectivity index (χ0v) is 19.1. The first-order chi connectivity index (χ1) is 16.7. The maximum Gasteiger partial charge on any atom is 0.243 e. The van der Waals surface area contributed by atoms with E-state index in [2.05, 4.69) is 10.6 Å². The molecule has 3 aromatic carbocycles. The number of hydrogen-bond acceptors (Lipinski definition) is 6. The zero-order chi connectivity index (χ0) is 23.4. The molecule has 1 heterocycles. The molecule has 1 amide bonds. The lowest BCUT2D eigenvalue weighted by molar-refractivity contribution is -0.114. The minimum atomic E-state index is -0.144. The molecule has 0 aliphatic carbocycles. The Balaban J connectivity index is 1.15. The number of carbonyl (C=O) groups excluding carboxylic acids is 1. The zero-order valence-electron chi connectivity index (χ0n) is 19.1. The van der Waals surface area contributed by atoms with Crippen molar-refractivity contribution in [2.24, 2.45) is 0 Å². The highest BCUT2D eigenvalue weighted by Gasteiger charge is 2.16. The van der Waals surface area contributed by atoms with Gasteiger partial charge >= 0.3 is 0 Å². The number of nitrogens with one attached hydrogen (secondary N) is 2. The van der Waals surface area contributed by atoms with Gasteiger partial charge in [0, 0.05) is 24.0 Å². The fraction of sp³-hybridized carbons (Fsp3) is 0.296. The summed E-state index contributed by atoms with van der Waals surface area (Å²) in [5.74, 6) is 2.13. The molecule has 178 valence electrons. The molecular weight excluding hydrogens is 432 g/mol. The minimum absolute atomic E-state index is 0.144. The highest BCUT2D eigenvalue weighted by atomic mass is 16.5. The smallest absolute Gasteiger partial charge is 0.243 e. The second kappa shape index (κ2) is 12.5. The first-order valence-electron chi connectivity index (χ1n) is 11.5. The van der Waals surface area contributed by atoms with Crippen molar-refractivity contribution in [2.45, 2.75) is 18.9 Å². The Bertz CT molecular complexity index is 1020. The monoisotopic (exact) mass is 462 g/mol. The van der Waals surface area contributed by atoms with Gasteiger partial charge in [-0.15, -0.1) is 0 Å². The van der Waals surface area contributed by atoms with Crippen LogP contribution in [0.25, 0.3) is 0 Å². The summed E-state index contributed by atoms with van der Waals surface area (Å²) in [6.07, 6.45) is 2.26. The van der Waals surface area contributed by atoms with Gasteiger partial charge < -0.3 is 29.6 Å². The molecule has 1 atom stereocenters. The molecule has 1 saturated heterocycles. The number of hydrogen-bond donors (Lipinski definition) is 2. The summed E-state index contributed by atoms with van der Waals surface area (Å²) >= 11 is 0. The fourth-order valence-electron chi connectivity index (χ4n) is 3.52. The van der Waals surface area contributed by atoms with Gasteiger partial charge in [0.2, 0.25) is 5.91 Å². The molecule has 0 spiro atoms. The molecule has 3 aromatic rings. The second-order valence-corrected chi connectivity index (χ2v) is 7.91. The molecule has 2 N–H and O–H groups in total. The number of anilines is 2. The molecule has 1 aliphatic rings. The quantitative estimate of drug-likeness (QED) is 0.378. The van der Waals surface area contributed by atoms with E-state index in [1.54, 1.807) is 0 Å². The molecule has 34 heavy (non-hydrogen) atoms. The third kappa shape index (κ3) is 7.71. The molecule has 0 aromatic heterocycles. The lowest BCUT2D eigenvalue weighted by atomic mass is 10.2. The molecule has 7 nitrogen and oxygen atoms in total. The van der Waals surface area contributed by atoms with E-state index in [1.807, 2.05) is 78.9 Å². The average molecular weight is 463 g/mol. The number of rotatable bonds is 12. The third-order valence-electron chi connectivity index (χ3n) is 5.25. The molecule has 1 fully saturated rings. The van der Waals surface area contributed by atoms with Crippen LogP contribution in [-0.2, 0) is 9.53 Å². The number of para-hydroxylation sites is 1. The van der Waals surface area contributed by atoms with E-state index in [0.29, 0.717) is 31.3 Å². The molecule has 1 unspecified atom stereocenters. The third-order valence-corrected chi connectivity index (χ3v) is 5.25. The summed E-state index contributed by atoms with van der Waals surface area (Å²) in [7, 11) is 0. The molecule has 7 heteroatoms. The number of amides is 1. The van der Waals surface area contributed by atoms with E-state index >= 15 is 0 Å². The molecule has 0 bridgehead atoms. The maximum absolute atomic E-state index is 12.3. The van der Waals surface area contributed by atoms with E-state index in [1.165, 1.54) is 0 Å². The lowest BCUT2D eigenvalue weighted by Gasteiger charge is -2.13. The SMILES string of the molecule is O=C(CNc1ccc(OCCOc2ccccc2)cc1)Nc1cccc(OCC2CCCO2)c1. The van der Waals surface area contributed by atoms with Crippen LogP contribution in [0.1, 0.15) is 12.8 Å². The van der Waals surface area contributed by atoms with Crippen molar-refractivity contribution in [2.75, 3.05) is 43.6 Å². The average Bonchev–Trinajstić information content (AvgIpc) is 3.40. The van der Waals surface area contributed by atoms with Crippen LogP contribution in [0.5, 0.6) is 17.2 Å². The van der Waals surface area contributed by atoms with E-state index in [9.17, 15) is 4.79 Å². The highest BCUT2D eigenvalue weighted by molar-refractivity contribution is 5.93. The van der Waals surface area contributed by atoms with Gasteiger partial charge in [-0.1, -0.05) is 24.3 Å². The summed E-state index contributed by atoms with van der Waals surface area (Å²) in [6, 6.07) is 24.5. The van der Waals surface area contributed by atoms with Gasteiger partial charge in [-0.05, 0) is 61.4 Å².